The lowest BCUT2D eigenvalue weighted by molar-refractivity contribution is -0.171. The van der Waals surface area contributed by atoms with Gasteiger partial charge in [-0.25, -0.2) is 8.42 Å². The lowest BCUT2D eigenvalue weighted by Gasteiger charge is -2.32. The third kappa shape index (κ3) is 4.09. The monoisotopic (exact) mass is 519 g/mol. The summed E-state index contributed by atoms with van der Waals surface area (Å²) >= 11 is 0. The Morgan fingerprint density at radius 2 is 1.43 bits per heavy atom. The summed E-state index contributed by atoms with van der Waals surface area (Å²) in [7, 11) is -3.83. The van der Waals surface area contributed by atoms with Crippen LogP contribution >= 0.6 is 0 Å². The number of benzene rings is 3. The predicted molar refractivity (Wildman–Crippen MR) is 140 cm³/mol. The van der Waals surface area contributed by atoms with Crippen LogP contribution in [0.3, 0.4) is 0 Å². The van der Waals surface area contributed by atoms with Gasteiger partial charge in [-0.05, 0) is 74.1 Å². The van der Waals surface area contributed by atoms with Crippen molar-refractivity contribution in [3.05, 3.63) is 82.9 Å². The topological polar surface area (TPSA) is 90.0 Å². The molecular weight excluding hydrogens is 490 g/mol. The van der Waals surface area contributed by atoms with Crippen molar-refractivity contribution < 1.29 is 27.5 Å². The van der Waals surface area contributed by atoms with Gasteiger partial charge in [-0.2, -0.15) is 0 Å². The van der Waals surface area contributed by atoms with E-state index in [2.05, 4.69) is 0 Å². The van der Waals surface area contributed by atoms with Gasteiger partial charge >= 0.3 is 11.9 Å². The van der Waals surface area contributed by atoms with Crippen LogP contribution in [0.15, 0.2) is 65.6 Å². The SMILES string of the molecule is CCOC(=O)C1(C(=O)OCC)Cc2cc3c(cc2C1)-c1ccccc1N(S(=O)(=O)c1ccc(C)cc1)C3. The smallest absolute Gasteiger partial charge is 0.324 e. The molecule has 0 amide bonds. The van der Waals surface area contributed by atoms with Crippen LogP contribution in [-0.4, -0.2) is 33.6 Å². The quantitative estimate of drug-likeness (QED) is 0.350. The molecule has 3 aromatic carbocycles. The number of aryl methyl sites for hydroxylation is 1. The second-order valence-corrected chi connectivity index (χ2v) is 11.4. The first-order valence-corrected chi connectivity index (χ1v) is 13.8. The maximum Gasteiger partial charge on any atom is 0.324 e. The highest BCUT2D eigenvalue weighted by Crippen LogP contribution is 2.47. The van der Waals surface area contributed by atoms with Gasteiger partial charge in [-0.3, -0.25) is 13.9 Å². The van der Waals surface area contributed by atoms with Crippen molar-refractivity contribution in [2.45, 2.75) is 45.1 Å². The van der Waals surface area contributed by atoms with Crippen molar-refractivity contribution in [1.82, 2.24) is 0 Å². The van der Waals surface area contributed by atoms with Crippen LogP contribution < -0.4 is 4.31 Å². The van der Waals surface area contributed by atoms with E-state index in [0.717, 1.165) is 33.4 Å². The summed E-state index contributed by atoms with van der Waals surface area (Å²) in [5, 5.41) is 0. The predicted octanol–water partition coefficient (Wildman–Crippen LogP) is 4.58. The lowest BCUT2D eigenvalue weighted by atomic mass is 9.84. The maximum atomic E-state index is 13.7. The van der Waals surface area contributed by atoms with Crippen LogP contribution in [-0.2, 0) is 48.5 Å². The second kappa shape index (κ2) is 9.34. The van der Waals surface area contributed by atoms with Crippen molar-refractivity contribution in [1.29, 1.82) is 0 Å². The fraction of sp³-hybridized carbons (Fsp3) is 0.310. The highest BCUT2D eigenvalue weighted by atomic mass is 32.2. The van der Waals surface area contributed by atoms with Gasteiger partial charge in [0.05, 0.1) is 30.3 Å². The van der Waals surface area contributed by atoms with Crippen molar-refractivity contribution in [2.24, 2.45) is 5.41 Å². The Kier molecular flexibility index (Phi) is 6.31. The molecule has 37 heavy (non-hydrogen) atoms. The van der Waals surface area contributed by atoms with Gasteiger partial charge in [0.2, 0.25) is 0 Å². The van der Waals surface area contributed by atoms with Crippen LogP contribution in [0.1, 0.15) is 36.1 Å². The highest BCUT2D eigenvalue weighted by molar-refractivity contribution is 7.92. The zero-order valence-electron chi connectivity index (χ0n) is 21.1. The van der Waals surface area contributed by atoms with Crippen molar-refractivity contribution in [3.8, 4) is 11.1 Å². The number of hydrogen-bond acceptors (Lipinski definition) is 6. The normalized spacial score (nSPS) is 15.4. The molecule has 0 fully saturated rings. The van der Waals surface area contributed by atoms with E-state index >= 15 is 0 Å². The maximum absolute atomic E-state index is 13.7. The van der Waals surface area contributed by atoms with E-state index in [4.69, 9.17) is 9.47 Å². The van der Waals surface area contributed by atoms with Gasteiger partial charge in [-0.15, -0.1) is 0 Å². The molecule has 0 aromatic heterocycles. The average Bonchev–Trinajstić information content (AvgIpc) is 3.27. The van der Waals surface area contributed by atoms with Crippen molar-refractivity contribution >= 4 is 27.6 Å². The number of para-hydroxylation sites is 1. The lowest BCUT2D eigenvalue weighted by Crippen LogP contribution is -2.43. The van der Waals surface area contributed by atoms with E-state index < -0.39 is 27.4 Å². The van der Waals surface area contributed by atoms with Crippen LogP contribution in [0.2, 0.25) is 0 Å². The van der Waals surface area contributed by atoms with Gasteiger partial charge in [-0.1, -0.05) is 48.0 Å². The summed E-state index contributed by atoms with van der Waals surface area (Å²) in [5.74, 6) is -1.18. The Labute approximate surface area is 217 Å². The molecular formula is C29H29NO6S. The van der Waals surface area contributed by atoms with Crippen LogP contribution in [0.4, 0.5) is 5.69 Å². The largest absolute Gasteiger partial charge is 0.465 e. The number of carbonyl (C=O) groups excluding carboxylic acids is 2. The number of fused-ring (bicyclic) bond motifs is 4. The first-order chi connectivity index (χ1) is 17.7. The van der Waals surface area contributed by atoms with Crippen molar-refractivity contribution in [2.75, 3.05) is 17.5 Å². The molecule has 0 N–H and O–H groups in total. The number of carbonyl (C=O) groups is 2. The van der Waals surface area contributed by atoms with Gasteiger partial charge in [0, 0.05) is 5.56 Å². The number of anilines is 1. The molecule has 0 bridgehead atoms. The Morgan fingerprint density at radius 3 is 2.05 bits per heavy atom. The molecule has 7 nitrogen and oxygen atoms in total. The summed E-state index contributed by atoms with van der Waals surface area (Å²) in [6.45, 7) is 5.78. The zero-order chi connectivity index (χ0) is 26.4. The Hall–Kier alpha value is -3.65. The summed E-state index contributed by atoms with van der Waals surface area (Å²) in [6.07, 6.45) is 0.334. The van der Waals surface area contributed by atoms with E-state index in [1.165, 1.54) is 4.31 Å². The van der Waals surface area contributed by atoms with Crippen molar-refractivity contribution in [3.63, 3.8) is 0 Å². The number of sulfonamides is 1. The molecule has 8 heteroatoms. The van der Waals surface area contributed by atoms with E-state index in [1.807, 2.05) is 37.3 Å². The molecule has 5 rings (SSSR count). The molecule has 0 radical (unpaired) electrons. The standard InChI is InChI=1S/C29H29NO6S/c1-4-35-27(31)29(28(32)36-5-2)16-20-14-22-18-30(37(33,34)23-12-10-19(3)11-13-23)26-9-7-6-8-24(26)25(22)15-21(20)17-29/h6-15H,4-5,16-18H2,1-3H3. The fourth-order valence-electron chi connectivity index (χ4n) is 5.28. The molecule has 1 heterocycles. The van der Waals surface area contributed by atoms with Gasteiger partial charge in [0.1, 0.15) is 0 Å². The summed E-state index contributed by atoms with van der Waals surface area (Å²) in [4.78, 5) is 26.3. The minimum Gasteiger partial charge on any atom is -0.465 e. The number of nitrogens with zero attached hydrogens (tertiary/aromatic N) is 1. The van der Waals surface area contributed by atoms with E-state index in [0.29, 0.717) is 5.69 Å². The molecule has 1 aliphatic carbocycles. The molecule has 0 unspecified atom stereocenters. The van der Waals surface area contributed by atoms with Gasteiger partial charge in [0.25, 0.3) is 10.0 Å². The first kappa shape index (κ1) is 25.0. The summed E-state index contributed by atoms with van der Waals surface area (Å²) in [6, 6.07) is 18.1. The minimum atomic E-state index is -3.83. The minimum absolute atomic E-state index is 0.141. The Bertz CT molecular complexity index is 1480. The number of rotatable bonds is 6. The highest BCUT2D eigenvalue weighted by Gasteiger charge is 2.53. The zero-order valence-corrected chi connectivity index (χ0v) is 21.9. The number of ether oxygens (including phenoxy) is 2. The molecule has 1 aliphatic heterocycles. The third-order valence-electron chi connectivity index (χ3n) is 7.13. The van der Waals surface area contributed by atoms with Crippen LogP contribution in [0.5, 0.6) is 0 Å². The van der Waals surface area contributed by atoms with Crippen LogP contribution in [0.25, 0.3) is 11.1 Å². The molecule has 0 atom stereocenters. The Balaban J connectivity index is 1.60. The molecule has 0 saturated heterocycles. The average molecular weight is 520 g/mol. The first-order valence-electron chi connectivity index (χ1n) is 12.4. The molecule has 0 saturated carbocycles. The summed E-state index contributed by atoms with van der Waals surface area (Å²) in [5.41, 5.74) is 4.32. The van der Waals surface area contributed by atoms with Crippen LogP contribution in [0, 0.1) is 12.3 Å². The Morgan fingerprint density at radius 1 is 0.838 bits per heavy atom. The van der Waals surface area contributed by atoms with E-state index in [1.54, 1.807) is 44.2 Å². The number of hydrogen-bond donors (Lipinski definition) is 0. The number of esters is 2. The van der Waals surface area contributed by atoms with E-state index in [9.17, 15) is 18.0 Å². The molecule has 2 aliphatic rings. The van der Waals surface area contributed by atoms with Gasteiger partial charge in [0.15, 0.2) is 5.41 Å². The van der Waals surface area contributed by atoms with E-state index in [-0.39, 0.29) is 37.5 Å². The molecule has 3 aromatic rings. The fourth-order valence-corrected chi connectivity index (χ4v) is 6.75. The molecule has 0 spiro atoms. The van der Waals surface area contributed by atoms with Gasteiger partial charge < -0.3 is 9.47 Å². The second-order valence-electron chi connectivity index (χ2n) is 9.50. The third-order valence-corrected chi connectivity index (χ3v) is 8.90. The summed E-state index contributed by atoms with van der Waals surface area (Å²) < 4.78 is 39.5. The molecule has 192 valence electrons.